The van der Waals surface area contributed by atoms with Crippen LogP contribution in [0.2, 0.25) is 0 Å². The van der Waals surface area contributed by atoms with Crippen LogP contribution in [0.5, 0.6) is 0 Å². The van der Waals surface area contributed by atoms with E-state index in [1.807, 2.05) is 0 Å². The summed E-state index contributed by atoms with van der Waals surface area (Å²) in [5.41, 5.74) is 2.35. The molecule has 0 spiro atoms. The molecule has 0 unspecified atom stereocenters. The molecule has 2 aromatic rings. The second kappa shape index (κ2) is 11.6. The molecule has 2 aromatic carbocycles. The summed E-state index contributed by atoms with van der Waals surface area (Å²) in [5, 5.41) is 23.7. The van der Waals surface area contributed by atoms with E-state index >= 15 is 0 Å². The number of carbonyl (C=O) groups excluding carboxylic acids is 3. The molecule has 2 rings (SSSR count). The van der Waals surface area contributed by atoms with Crippen LogP contribution < -0.4 is 10.6 Å². The van der Waals surface area contributed by atoms with Gasteiger partial charge in [0.25, 0.3) is 5.91 Å². The Morgan fingerprint density at radius 3 is 2.03 bits per heavy atom. The number of ketones is 1. The van der Waals surface area contributed by atoms with Crippen molar-refractivity contribution in [2.45, 2.75) is 19.1 Å². The van der Waals surface area contributed by atoms with Crippen LogP contribution in [0.1, 0.15) is 28.4 Å². The van der Waals surface area contributed by atoms with Gasteiger partial charge in [0.2, 0.25) is 5.91 Å². The summed E-state index contributed by atoms with van der Waals surface area (Å²) in [5.74, 6) is 4.51. The molecule has 0 bridgehead atoms. The maximum Gasteiger partial charge on any atom is 0.251 e. The lowest BCUT2D eigenvalue weighted by molar-refractivity contribution is -0.126. The number of hydrogen-bond donors (Lipinski definition) is 4. The Bertz CT molecular complexity index is 972. The summed E-state index contributed by atoms with van der Waals surface area (Å²) < 4.78 is 4.76. The summed E-state index contributed by atoms with van der Waals surface area (Å²) in [6, 6.07) is 12.2. The first-order valence-corrected chi connectivity index (χ1v) is 9.47. The van der Waals surface area contributed by atoms with E-state index in [1.165, 1.54) is 14.0 Å². The molecule has 0 heterocycles. The molecule has 162 valence electrons. The Balaban J connectivity index is 2.01. The van der Waals surface area contributed by atoms with Crippen molar-refractivity contribution in [1.82, 2.24) is 5.32 Å². The van der Waals surface area contributed by atoms with Crippen molar-refractivity contribution in [1.29, 1.82) is 0 Å². The molecule has 31 heavy (non-hydrogen) atoms. The molecule has 4 N–H and O–H groups in total. The van der Waals surface area contributed by atoms with Crippen LogP contribution >= 0.6 is 0 Å². The van der Waals surface area contributed by atoms with Crippen molar-refractivity contribution in [2.24, 2.45) is 0 Å². The Morgan fingerprint density at radius 2 is 1.55 bits per heavy atom. The molecular formula is C23H24N2O6. The highest BCUT2D eigenvalue weighted by atomic mass is 16.5. The van der Waals surface area contributed by atoms with Crippen molar-refractivity contribution < 1.29 is 29.3 Å². The molecule has 2 amide bonds. The van der Waals surface area contributed by atoms with Crippen LogP contribution in [0.25, 0.3) is 0 Å². The average Bonchev–Trinajstić information content (AvgIpc) is 2.76. The van der Waals surface area contributed by atoms with Gasteiger partial charge in [-0.2, -0.15) is 0 Å². The average molecular weight is 424 g/mol. The molecule has 8 nitrogen and oxygen atoms in total. The van der Waals surface area contributed by atoms with Gasteiger partial charge in [-0.25, -0.2) is 0 Å². The minimum atomic E-state index is -1.18. The van der Waals surface area contributed by atoms with E-state index in [1.54, 1.807) is 48.5 Å². The standard InChI is InChI=1S/C23H24N2O6/c1-15(27)22(20(28)13-26)25-23(30)18-9-5-16(6-10-18)3-4-17-7-11-19(12-8-17)24-21(29)14-31-2/h5-12,15,22,26-27H,13-14H2,1-2H3,(H,24,29)(H,25,30)/t15-,22+/m1/s1. The summed E-state index contributed by atoms with van der Waals surface area (Å²) in [6.45, 7) is 0.565. The lowest BCUT2D eigenvalue weighted by Crippen LogP contribution is -2.48. The molecule has 2 atom stereocenters. The van der Waals surface area contributed by atoms with Gasteiger partial charge in [0.05, 0.1) is 6.10 Å². The third kappa shape index (κ3) is 7.35. The number of ether oxygens (including phenoxy) is 1. The molecule has 0 aliphatic rings. The van der Waals surface area contributed by atoms with E-state index < -0.39 is 30.4 Å². The van der Waals surface area contributed by atoms with Gasteiger partial charge >= 0.3 is 0 Å². The quantitative estimate of drug-likeness (QED) is 0.463. The predicted molar refractivity (Wildman–Crippen MR) is 114 cm³/mol. The Kier molecular flexibility index (Phi) is 8.91. The van der Waals surface area contributed by atoms with Gasteiger partial charge in [0.15, 0.2) is 5.78 Å². The fraction of sp³-hybridized carbons (Fsp3) is 0.261. The second-order valence-electron chi connectivity index (χ2n) is 6.70. The van der Waals surface area contributed by atoms with Crippen molar-refractivity contribution >= 4 is 23.3 Å². The first-order chi connectivity index (χ1) is 14.8. The zero-order valence-electron chi connectivity index (χ0n) is 17.2. The Morgan fingerprint density at radius 1 is 1.00 bits per heavy atom. The van der Waals surface area contributed by atoms with E-state index in [2.05, 4.69) is 22.5 Å². The zero-order chi connectivity index (χ0) is 22.8. The number of hydrogen-bond acceptors (Lipinski definition) is 6. The third-order valence-corrected chi connectivity index (χ3v) is 4.21. The van der Waals surface area contributed by atoms with Crippen molar-refractivity contribution in [3.63, 3.8) is 0 Å². The summed E-state index contributed by atoms with van der Waals surface area (Å²) in [4.78, 5) is 35.4. The Labute approximate surface area is 180 Å². The molecule has 0 aliphatic heterocycles. The maximum absolute atomic E-state index is 12.3. The summed E-state index contributed by atoms with van der Waals surface area (Å²) in [7, 11) is 1.45. The predicted octanol–water partition coefficient (Wildman–Crippen LogP) is 0.712. The van der Waals surface area contributed by atoms with Gasteiger partial charge in [-0.3, -0.25) is 14.4 Å². The van der Waals surface area contributed by atoms with Crippen LogP contribution in [-0.4, -0.2) is 60.3 Å². The number of nitrogens with one attached hydrogen (secondary N) is 2. The molecule has 0 aliphatic carbocycles. The number of aliphatic hydroxyl groups excluding tert-OH is 2. The second-order valence-corrected chi connectivity index (χ2v) is 6.70. The molecule has 0 radical (unpaired) electrons. The van der Waals surface area contributed by atoms with E-state index in [-0.39, 0.29) is 18.1 Å². The number of aliphatic hydroxyl groups is 2. The zero-order valence-corrected chi connectivity index (χ0v) is 17.2. The highest BCUT2D eigenvalue weighted by Gasteiger charge is 2.25. The molecule has 8 heteroatoms. The third-order valence-electron chi connectivity index (χ3n) is 4.21. The largest absolute Gasteiger partial charge is 0.391 e. The highest BCUT2D eigenvalue weighted by molar-refractivity contribution is 5.98. The minimum Gasteiger partial charge on any atom is -0.391 e. The molecule has 0 aromatic heterocycles. The van der Waals surface area contributed by atoms with Crippen LogP contribution in [-0.2, 0) is 14.3 Å². The minimum absolute atomic E-state index is 0.0208. The molecule has 0 saturated heterocycles. The van der Waals surface area contributed by atoms with Gasteiger partial charge in [0, 0.05) is 29.5 Å². The van der Waals surface area contributed by atoms with Crippen molar-refractivity contribution in [2.75, 3.05) is 25.6 Å². The normalized spacial score (nSPS) is 12.1. The van der Waals surface area contributed by atoms with E-state index in [0.717, 1.165) is 5.56 Å². The smallest absolute Gasteiger partial charge is 0.251 e. The first kappa shape index (κ1) is 23.8. The fourth-order valence-corrected chi connectivity index (χ4v) is 2.61. The van der Waals surface area contributed by atoms with Gasteiger partial charge in [-0.15, -0.1) is 0 Å². The SMILES string of the molecule is COCC(=O)Nc1ccc(C#Cc2ccc(C(=O)N[C@H](C(=O)CO)[C@@H](C)O)cc2)cc1. The number of amides is 2. The number of Topliss-reactive ketones (excluding diaryl/α,β-unsaturated/α-hetero) is 1. The fourth-order valence-electron chi connectivity index (χ4n) is 2.61. The van der Waals surface area contributed by atoms with Gasteiger partial charge in [-0.05, 0) is 55.5 Å². The Hall–Kier alpha value is -3.51. The lowest BCUT2D eigenvalue weighted by Gasteiger charge is -2.19. The number of anilines is 1. The number of carbonyl (C=O) groups is 3. The van der Waals surface area contributed by atoms with E-state index in [0.29, 0.717) is 11.3 Å². The molecule has 0 saturated carbocycles. The lowest BCUT2D eigenvalue weighted by atomic mass is 10.1. The maximum atomic E-state index is 12.3. The van der Waals surface area contributed by atoms with Gasteiger partial charge in [-0.1, -0.05) is 11.8 Å². The van der Waals surface area contributed by atoms with Crippen molar-refractivity contribution in [3.05, 3.63) is 65.2 Å². The van der Waals surface area contributed by atoms with E-state index in [4.69, 9.17) is 9.84 Å². The molecule has 0 fully saturated rings. The van der Waals surface area contributed by atoms with Gasteiger partial charge in [0.1, 0.15) is 19.3 Å². The number of benzene rings is 2. The number of methoxy groups -OCH3 is 1. The highest BCUT2D eigenvalue weighted by Crippen LogP contribution is 2.10. The number of rotatable bonds is 8. The van der Waals surface area contributed by atoms with E-state index in [9.17, 15) is 19.5 Å². The van der Waals surface area contributed by atoms with Crippen molar-refractivity contribution in [3.8, 4) is 11.8 Å². The van der Waals surface area contributed by atoms with Gasteiger partial charge < -0.3 is 25.6 Å². The topological polar surface area (TPSA) is 125 Å². The summed E-state index contributed by atoms with van der Waals surface area (Å²) >= 11 is 0. The van der Waals surface area contributed by atoms with Crippen LogP contribution in [0.3, 0.4) is 0 Å². The van der Waals surface area contributed by atoms with Crippen LogP contribution in [0.15, 0.2) is 48.5 Å². The first-order valence-electron chi connectivity index (χ1n) is 9.47. The summed E-state index contributed by atoms with van der Waals surface area (Å²) in [6.07, 6.45) is -1.13. The van der Waals surface area contributed by atoms with Crippen LogP contribution in [0.4, 0.5) is 5.69 Å². The van der Waals surface area contributed by atoms with Crippen LogP contribution in [0, 0.1) is 11.8 Å². The molecular weight excluding hydrogens is 400 g/mol. The monoisotopic (exact) mass is 424 g/mol.